The first-order chi connectivity index (χ1) is 46.1. The van der Waals surface area contributed by atoms with Crippen LogP contribution in [0.5, 0.6) is 0 Å². The summed E-state index contributed by atoms with van der Waals surface area (Å²) in [6.07, 6.45) is 15.8. The smallest absolute Gasteiger partial charge is 0.269 e. The molecule has 1 saturated heterocycles. The molecule has 472 valence electrons. The Morgan fingerprint density at radius 3 is 1.33 bits per heavy atom. The van der Waals surface area contributed by atoms with Crippen LogP contribution in [0.3, 0.4) is 0 Å². The van der Waals surface area contributed by atoms with Gasteiger partial charge in [-0.2, -0.15) is 26.3 Å². The number of H-pyrrole nitrogens is 6. The number of ketones is 1. The van der Waals surface area contributed by atoms with Crippen LogP contribution in [0.4, 0.5) is 0 Å². The summed E-state index contributed by atoms with van der Waals surface area (Å²) >= 11 is 0. The molecule has 0 radical (unpaired) electrons. The summed E-state index contributed by atoms with van der Waals surface area (Å²) < 4.78 is 6.75. The molecule has 29 heteroatoms. The summed E-state index contributed by atoms with van der Waals surface area (Å²) in [6.45, 7) is 6.46. The number of amides is 1. The molecule has 1 amide bonds. The number of hydrogen-bond donors (Lipinski definition) is 6. The van der Waals surface area contributed by atoms with E-state index in [-0.39, 0.29) is 62.0 Å². The predicted octanol–water partition coefficient (Wildman–Crippen LogP) is 4.75. The lowest BCUT2D eigenvalue weighted by Crippen LogP contribution is -2.40. The normalized spacial score (nSPS) is 11.7. The van der Waals surface area contributed by atoms with Crippen molar-refractivity contribution < 1.29 is 14.3 Å². The van der Waals surface area contributed by atoms with Gasteiger partial charge in [-0.05, 0) is 68.5 Å². The topological polar surface area (TPSA) is 462 Å². The Morgan fingerprint density at radius 2 is 0.905 bits per heavy atom. The van der Waals surface area contributed by atoms with Gasteiger partial charge in [0, 0.05) is 101 Å². The monoisotopic (exact) mass is 1270 g/mol. The van der Waals surface area contributed by atoms with E-state index in [0.29, 0.717) is 89.7 Å². The van der Waals surface area contributed by atoms with Crippen molar-refractivity contribution in [1.29, 1.82) is 26.3 Å². The standard InChI is InChI=1S/C16H14N4O3.C14H12N4O.C14H11N3O2.C12H10N4O2.C10H6N4O2/c17-9-13-14(18-10-19-15(13)21)11-1-3-12(4-2-11)16(22)20-5-7-23-8-6-20;15-6-11-13(17-8-18-14(11)19)10-5-9-3-1-2-4-12(9)16-7-10;1-2-12(18)9-3-5-10(6-4-9)13-11(7-15)14(19)17-8-16-13;1-2-16-4-3-8(5-10(16)17)11-9(6-13)12(18)15-7-14-11;11-4-7-9(13-5-14-10(7)16)6-1-2-12-8(15)3-6/h1-4,10H,5-8H2,(H,18,19,21);5,7-8H,1-4H2,(H,17,18,19);3-6,8H,2H2,1H3,(H,16,17,19);3-5,7H,2H2,1H3,(H,14,15,18);1-3,5H,(H,12,15)(H,13,14,16). The highest BCUT2D eigenvalue weighted by molar-refractivity contribution is 5.96. The van der Waals surface area contributed by atoms with Gasteiger partial charge in [-0.25, -0.2) is 24.9 Å². The van der Waals surface area contributed by atoms with Crippen molar-refractivity contribution in [2.24, 2.45) is 0 Å². The largest absolute Gasteiger partial charge is 0.378 e. The van der Waals surface area contributed by atoms with E-state index in [2.05, 4.69) is 59.8 Å². The second kappa shape index (κ2) is 32.3. The Balaban J connectivity index is 0.000000153. The van der Waals surface area contributed by atoms with Gasteiger partial charge in [-0.3, -0.25) is 48.1 Å². The number of aromatic nitrogens is 13. The van der Waals surface area contributed by atoms with E-state index in [4.69, 9.17) is 31.0 Å². The summed E-state index contributed by atoms with van der Waals surface area (Å²) in [4.78, 5) is 145. The van der Waals surface area contributed by atoms with Crippen molar-refractivity contribution in [1.82, 2.24) is 69.3 Å². The van der Waals surface area contributed by atoms with Gasteiger partial charge in [0.15, 0.2) is 5.78 Å². The molecule has 2 aromatic carbocycles. The lowest BCUT2D eigenvalue weighted by molar-refractivity contribution is 0.0303. The van der Waals surface area contributed by atoms with Crippen LogP contribution in [0.2, 0.25) is 0 Å². The summed E-state index contributed by atoms with van der Waals surface area (Å²) in [5.74, 6) is -0.00912. The summed E-state index contributed by atoms with van der Waals surface area (Å²) in [7, 11) is 0. The molecule has 10 aromatic rings. The van der Waals surface area contributed by atoms with Crippen molar-refractivity contribution >= 4 is 11.7 Å². The van der Waals surface area contributed by atoms with Crippen LogP contribution >= 0.6 is 0 Å². The lowest BCUT2D eigenvalue weighted by atomic mass is 9.94. The van der Waals surface area contributed by atoms with E-state index in [9.17, 15) is 43.2 Å². The molecule has 2 aliphatic rings. The van der Waals surface area contributed by atoms with E-state index in [0.717, 1.165) is 30.5 Å². The molecule has 0 saturated carbocycles. The first kappa shape index (κ1) is 67.4. The third kappa shape index (κ3) is 16.5. The van der Waals surface area contributed by atoms with E-state index < -0.39 is 27.8 Å². The number of morpholine rings is 1. The van der Waals surface area contributed by atoms with Gasteiger partial charge < -0.3 is 44.1 Å². The van der Waals surface area contributed by atoms with Crippen LogP contribution < -0.4 is 38.9 Å². The van der Waals surface area contributed by atoms with Crippen molar-refractivity contribution in [3.8, 4) is 86.6 Å². The SMILES string of the molecule is CCC(=O)c1ccc(-c2nc[nH]c(=O)c2C#N)cc1.CCn1ccc(-c2nc[nH]c(=O)c2C#N)cc1=O.N#Cc1c(-c2cc[nH]c(=O)c2)nc[nH]c1=O.N#Cc1c(-c2ccc(C(=O)N3CCOCC3)cc2)nc[nH]c1=O.N#Cc1c(-c2cnc3c(c2)CCCC3)nc[nH]c1=O. The Labute approximate surface area is 536 Å². The van der Waals surface area contributed by atoms with Crippen LogP contribution in [0.1, 0.15) is 92.9 Å². The van der Waals surface area contributed by atoms with Crippen molar-refractivity contribution in [2.75, 3.05) is 26.3 Å². The number of aromatic amines is 6. The van der Waals surface area contributed by atoms with E-state index in [1.54, 1.807) is 97.0 Å². The van der Waals surface area contributed by atoms with E-state index >= 15 is 0 Å². The molecule has 95 heavy (non-hydrogen) atoms. The fourth-order valence-corrected chi connectivity index (χ4v) is 9.58. The van der Waals surface area contributed by atoms with Gasteiger partial charge in [-0.15, -0.1) is 0 Å². The summed E-state index contributed by atoms with van der Waals surface area (Å²) in [5, 5.41) is 44.9. The minimum Gasteiger partial charge on any atom is -0.378 e. The van der Waals surface area contributed by atoms with Gasteiger partial charge >= 0.3 is 0 Å². The highest BCUT2D eigenvalue weighted by Crippen LogP contribution is 2.26. The maximum absolute atomic E-state index is 12.4. The maximum Gasteiger partial charge on any atom is 0.269 e. The number of hydrogen-bond acceptors (Lipinski definition) is 21. The zero-order chi connectivity index (χ0) is 68.0. The van der Waals surface area contributed by atoms with Crippen LogP contribution in [-0.2, 0) is 24.1 Å². The zero-order valence-corrected chi connectivity index (χ0v) is 50.6. The van der Waals surface area contributed by atoms with Crippen molar-refractivity contribution in [3.63, 3.8) is 0 Å². The molecule has 1 fully saturated rings. The predicted molar refractivity (Wildman–Crippen MR) is 341 cm³/mol. The molecule has 1 aliphatic carbocycles. The summed E-state index contributed by atoms with van der Waals surface area (Å²) in [5.41, 5.74) is 4.72. The minimum atomic E-state index is -0.521. The average molecular weight is 1270 g/mol. The number of Topliss-reactive ketones (excluding diaryl/α,β-unsaturated/α-hetero) is 1. The molecule has 0 unspecified atom stereocenters. The Morgan fingerprint density at radius 1 is 0.484 bits per heavy atom. The van der Waals surface area contributed by atoms with E-state index in [1.807, 2.05) is 31.2 Å². The second-order valence-corrected chi connectivity index (χ2v) is 20.2. The number of nitrogens with one attached hydrogen (secondary N) is 6. The summed E-state index contributed by atoms with van der Waals surface area (Å²) in [6, 6.07) is 30.5. The van der Waals surface area contributed by atoms with Gasteiger partial charge in [0.2, 0.25) is 5.56 Å². The molecule has 6 N–H and O–H groups in total. The number of nitrogens with zero attached hydrogens (tertiary/aromatic N) is 13. The van der Waals surface area contributed by atoms with Gasteiger partial charge in [0.1, 0.15) is 58.2 Å². The molecule has 0 atom stereocenters. The molecule has 9 heterocycles. The highest BCUT2D eigenvalue weighted by atomic mass is 16.5. The molecule has 29 nitrogen and oxygen atoms in total. The molecular formula is C66H53N19O10. The van der Waals surface area contributed by atoms with Crippen LogP contribution in [0, 0.1) is 56.7 Å². The molecule has 12 rings (SSSR count). The highest BCUT2D eigenvalue weighted by Gasteiger charge is 2.21. The van der Waals surface area contributed by atoms with Crippen LogP contribution in [-0.4, -0.2) is 107 Å². The fraction of sp³-hybridized carbons (Fsp3) is 0.182. The minimum absolute atomic E-state index is 0.0305. The van der Waals surface area contributed by atoms with Crippen molar-refractivity contribution in [2.45, 2.75) is 52.5 Å². The van der Waals surface area contributed by atoms with Crippen LogP contribution in [0.15, 0.2) is 163 Å². The zero-order valence-electron chi connectivity index (χ0n) is 50.6. The molecule has 0 bridgehead atoms. The van der Waals surface area contributed by atoms with Crippen LogP contribution in [0.25, 0.3) is 56.3 Å². The number of fused-ring (bicyclic) bond motifs is 1. The third-order valence-corrected chi connectivity index (χ3v) is 14.4. The second-order valence-electron chi connectivity index (χ2n) is 20.2. The van der Waals surface area contributed by atoms with Gasteiger partial charge in [0.25, 0.3) is 39.3 Å². The number of aryl methyl sites for hydroxylation is 3. The quantitative estimate of drug-likeness (QED) is 0.106. The van der Waals surface area contributed by atoms with Gasteiger partial charge in [-0.1, -0.05) is 43.3 Å². The molecule has 1 aliphatic heterocycles. The first-order valence-electron chi connectivity index (χ1n) is 28.9. The maximum atomic E-state index is 12.4. The van der Waals surface area contributed by atoms with E-state index in [1.165, 1.54) is 66.5 Å². The Kier molecular flexibility index (Phi) is 22.9. The molecular weight excluding hydrogens is 1220 g/mol. The number of rotatable bonds is 9. The third-order valence-electron chi connectivity index (χ3n) is 14.4. The Bertz CT molecular complexity index is 5160. The molecule has 0 spiro atoms. The Hall–Kier alpha value is -13.6. The van der Waals surface area contributed by atoms with Crippen molar-refractivity contribution in [3.05, 3.63) is 252 Å². The number of benzene rings is 2. The van der Waals surface area contributed by atoms with Gasteiger partial charge in [0.05, 0.1) is 73.3 Å². The number of carbonyl (C=O) groups is 2. The lowest BCUT2D eigenvalue weighted by Gasteiger charge is -2.26. The average Bonchev–Trinajstić information content (AvgIpc) is 0.881. The fourth-order valence-electron chi connectivity index (χ4n) is 9.58. The number of pyridine rings is 3. The number of carbonyl (C=O) groups excluding carboxylic acids is 2. The first-order valence-corrected chi connectivity index (χ1v) is 28.9. The number of nitriles is 5. The number of ether oxygens (including phenoxy) is 1. The molecule has 8 aromatic heterocycles.